The topological polar surface area (TPSA) is 91.5 Å². The third-order valence-electron chi connectivity index (χ3n) is 3.87. The molecule has 0 aliphatic heterocycles. The number of Topliss-reactive ketones (excluding diaryl/α,β-unsaturated/α-hetero) is 1. The Morgan fingerprint density at radius 2 is 1.89 bits per heavy atom. The van der Waals surface area contributed by atoms with E-state index in [1.807, 2.05) is 0 Å². The van der Waals surface area contributed by atoms with Gasteiger partial charge >= 0.3 is 5.97 Å². The number of hydrogen-bond acceptors (Lipinski definition) is 7. The van der Waals surface area contributed by atoms with Crippen LogP contribution in [0.4, 0.5) is 4.39 Å². The first-order valence-electron chi connectivity index (χ1n) is 8.41. The van der Waals surface area contributed by atoms with Gasteiger partial charge in [-0.05, 0) is 49.7 Å². The number of carbonyl (C=O) groups excluding carboxylic acids is 2. The highest BCUT2D eigenvalue weighted by Crippen LogP contribution is 2.19. The number of aromatic nitrogens is 2. The lowest BCUT2D eigenvalue weighted by Crippen LogP contribution is -2.14. The highest BCUT2D eigenvalue weighted by atomic mass is 19.1. The molecule has 7 nitrogen and oxygen atoms in total. The van der Waals surface area contributed by atoms with Gasteiger partial charge in [-0.2, -0.15) is 4.98 Å². The fourth-order valence-corrected chi connectivity index (χ4v) is 2.27. The molecule has 1 aromatic heterocycles. The molecule has 0 atom stereocenters. The quantitative estimate of drug-likeness (QED) is 0.455. The van der Waals surface area contributed by atoms with Crippen LogP contribution in [-0.4, -0.2) is 28.5 Å². The lowest BCUT2D eigenvalue weighted by molar-refractivity contribution is -0.148. The van der Waals surface area contributed by atoms with Crippen molar-refractivity contribution in [1.82, 2.24) is 10.1 Å². The maximum atomic E-state index is 13.6. The van der Waals surface area contributed by atoms with Crippen molar-refractivity contribution in [2.45, 2.75) is 20.5 Å². The Bertz CT molecular complexity index is 998. The van der Waals surface area contributed by atoms with Crippen LogP contribution in [-0.2, 0) is 16.1 Å². The Morgan fingerprint density at radius 1 is 1.14 bits per heavy atom. The van der Waals surface area contributed by atoms with Crippen LogP contribution < -0.4 is 4.74 Å². The van der Waals surface area contributed by atoms with Crippen molar-refractivity contribution in [2.24, 2.45) is 0 Å². The second-order valence-electron chi connectivity index (χ2n) is 6.01. The summed E-state index contributed by atoms with van der Waals surface area (Å²) in [5.41, 5.74) is 1.52. The summed E-state index contributed by atoms with van der Waals surface area (Å²) in [6.07, 6.45) is 0. The monoisotopic (exact) mass is 384 g/mol. The second kappa shape index (κ2) is 8.43. The zero-order valence-corrected chi connectivity index (χ0v) is 15.3. The van der Waals surface area contributed by atoms with Crippen LogP contribution in [0.25, 0.3) is 11.4 Å². The summed E-state index contributed by atoms with van der Waals surface area (Å²) in [6.45, 7) is 2.57. The summed E-state index contributed by atoms with van der Waals surface area (Å²) >= 11 is 0. The van der Waals surface area contributed by atoms with Gasteiger partial charge in [0.2, 0.25) is 5.82 Å². The summed E-state index contributed by atoms with van der Waals surface area (Å²) in [5, 5.41) is 3.75. The number of nitrogens with zero attached hydrogens (tertiary/aromatic N) is 2. The molecule has 0 saturated carbocycles. The lowest BCUT2D eigenvalue weighted by Gasteiger charge is -2.06. The minimum absolute atomic E-state index is 0.0572. The van der Waals surface area contributed by atoms with Crippen LogP contribution in [0.1, 0.15) is 28.7 Å². The Morgan fingerprint density at radius 3 is 2.57 bits per heavy atom. The molecule has 0 saturated heterocycles. The van der Waals surface area contributed by atoms with E-state index in [2.05, 4.69) is 10.1 Å². The number of hydrogen-bond donors (Lipinski definition) is 0. The zero-order valence-electron chi connectivity index (χ0n) is 15.3. The first-order chi connectivity index (χ1) is 13.4. The Balaban J connectivity index is 1.50. The zero-order chi connectivity index (χ0) is 20.1. The van der Waals surface area contributed by atoms with Crippen molar-refractivity contribution >= 4 is 11.8 Å². The number of ether oxygens (including phenoxy) is 2. The molecule has 0 unspecified atom stereocenters. The van der Waals surface area contributed by atoms with E-state index in [1.165, 1.54) is 13.0 Å². The lowest BCUT2D eigenvalue weighted by atomic mass is 10.1. The SMILES string of the molecule is CC(=O)c1ccc(OCC(=O)OCc2nc(-c3ccc(C)c(F)c3)no2)cc1. The van der Waals surface area contributed by atoms with Gasteiger partial charge in [-0.1, -0.05) is 17.3 Å². The van der Waals surface area contributed by atoms with E-state index in [4.69, 9.17) is 14.0 Å². The number of ketones is 1. The van der Waals surface area contributed by atoms with Gasteiger partial charge in [0.15, 0.2) is 19.0 Å². The Labute approximate surface area is 160 Å². The van der Waals surface area contributed by atoms with Crippen LogP contribution in [0, 0.1) is 12.7 Å². The molecule has 0 aliphatic rings. The van der Waals surface area contributed by atoms with E-state index in [1.54, 1.807) is 43.3 Å². The molecule has 3 aromatic rings. The smallest absolute Gasteiger partial charge is 0.344 e. The van der Waals surface area contributed by atoms with Gasteiger partial charge in [-0.25, -0.2) is 9.18 Å². The van der Waals surface area contributed by atoms with Gasteiger partial charge in [0, 0.05) is 11.1 Å². The molecule has 2 aromatic carbocycles. The molecule has 144 valence electrons. The van der Waals surface area contributed by atoms with Crippen molar-refractivity contribution in [2.75, 3.05) is 6.61 Å². The third kappa shape index (κ3) is 4.79. The molecule has 0 bridgehead atoms. The van der Waals surface area contributed by atoms with Gasteiger partial charge in [0.05, 0.1) is 0 Å². The molecule has 3 rings (SSSR count). The fraction of sp³-hybridized carbons (Fsp3) is 0.200. The van der Waals surface area contributed by atoms with Gasteiger partial charge in [0.25, 0.3) is 5.89 Å². The summed E-state index contributed by atoms with van der Waals surface area (Å²) in [4.78, 5) is 27.1. The average molecular weight is 384 g/mol. The van der Waals surface area contributed by atoms with Crippen LogP contribution in [0.3, 0.4) is 0 Å². The van der Waals surface area contributed by atoms with Gasteiger partial charge in [-0.3, -0.25) is 4.79 Å². The molecule has 0 fully saturated rings. The van der Waals surface area contributed by atoms with E-state index in [0.717, 1.165) is 0 Å². The minimum Gasteiger partial charge on any atom is -0.482 e. The maximum Gasteiger partial charge on any atom is 0.344 e. The van der Waals surface area contributed by atoms with Gasteiger partial charge in [0.1, 0.15) is 11.6 Å². The standard InChI is InChI=1S/C20H17FN2O5/c1-12-3-4-15(9-17(12)21)20-22-18(28-23-20)10-27-19(25)11-26-16-7-5-14(6-8-16)13(2)24/h3-9H,10-11H2,1-2H3. The Hall–Kier alpha value is -3.55. The number of benzene rings is 2. The van der Waals surface area contributed by atoms with Crippen LogP contribution in [0.5, 0.6) is 5.75 Å². The van der Waals surface area contributed by atoms with Crippen molar-refractivity contribution in [3.8, 4) is 17.1 Å². The minimum atomic E-state index is -0.628. The first kappa shape index (κ1) is 19.2. The predicted octanol–water partition coefficient (Wildman–Crippen LogP) is 3.51. The van der Waals surface area contributed by atoms with E-state index < -0.39 is 5.97 Å². The third-order valence-corrected chi connectivity index (χ3v) is 3.87. The average Bonchev–Trinajstić information content (AvgIpc) is 3.16. The number of esters is 1. The highest BCUT2D eigenvalue weighted by Gasteiger charge is 2.13. The summed E-state index contributed by atoms with van der Waals surface area (Å²) in [5.74, 6) is -0.343. The molecule has 0 spiro atoms. The molecule has 0 N–H and O–H groups in total. The molecule has 0 radical (unpaired) electrons. The molecular weight excluding hydrogens is 367 g/mol. The van der Waals surface area contributed by atoms with E-state index in [0.29, 0.717) is 22.4 Å². The van der Waals surface area contributed by atoms with Crippen molar-refractivity contribution < 1.29 is 28.0 Å². The summed E-state index contributed by atoms with van der Waals surface area (Å²) < 4.78 is 28.9. The predicted molar refractivity (Wildman–Crippen MR) is 96.2 cm³/mol. The first-order valence-corrected chi connectivity index (χ1v) is 8.41. The van der Waals surface area contributed by atoms with Crippen LogP contribution in [0.2, 0.25) is 0 Å². The number of rotatable bonds is 7. The number of aryl methyl sites for hydroxylation is 1. The molecule has 0 aliphatic carbocycles. The van der Waals surface area contributed by atoms with Crippen molar-refractivity contribution in [3.05, 3.63) is 65.3 Å². The number of halogens is 1. The van der Waals surface area contributed by atoms with Crippen LogP contribution in [0.15, 0.2) is 47.0 Å². The maximum absolute atomic E-state index is 13.6. The molecular formula is C20H17FN2O5. The largest absolute Gasteiger partial charge is 0.482 e. The van der Waals surface area contributed by atoms with Crippen LogP contribution >= 0.6 is 0 Å². The second-order valence-corrected chi connectivity index (χ2v) is 6.01. The van der Waals surface area contributed by atoms with Gasteiger partial charge in [-0.15, -0.1) is 0 Å². The normalized spacial score (nSPS) is 10.5. The van der Waals surface area contributed by atoms with Crippen molar-refractivity contribution in [1.29, 1.82) is 0 Å². The molecule has 28 heavy (non-hydrogen) atoms. The fourth-order valence-electron chi connectivity index (χ4n) is 2.27. The van der Waals surface area contributed by atoms with Gasteiger partial charge < -0.3 is 14.0 Å². The molecule has 8 heteroatoms. The summed E-state index contributed by atoms with van der Waals surface area (Å²) in [6, 6.07) is 11.0. The van der Waals surface area contributed by atoms with E-state index >= 15 is 0 Å². The molecule has 1 heterocycles. The Kier molecular flexibility index (Phi) is 5.78. The number of carbonyl (C=O) groups is 2. The van der Waals surface area contributed by atoms with Crippen molar-refractivity contribution in [3.63, 3.8) is 0 Å². The highest BCUT2D eigenvalue weighted by molar-refractivity contribution is 5.94. The molecule has 0 amide bonds. The van der Waals surface area contributed by atoms with E-state index in [9.17, 15) is 14.0 Å². The van der Waals surface area contributed by atoms with E-state index in [-0.39, 0.29) is 36.5 Å². The summed E-state index contributed by atoms with van der Waals surface area (Å²) in [7, 11) is 0.